The minimum atomic E-state index is -5.93. The van der Waals surface area contributed by atoms with Crippen LogP contribution in [0.1, 0.15) is 0 Å². The fraction of sp³-hybridized carbons (Fsp3) is 0.0909. The highest BCUT2D eigenvalue weighted by atomic mass is 35.5. The second-order valence-corrected chi connectivity index (χ2v) is 6.17. The molecule has 0 saturated heterocycles. The fourth-order valence-corrected chi connectivity index (χ4v) is 2.52. The van der Waals surface area contributed by atoms with E-state index in [1.165, 1.54) is 6.20 Å². The highest BCUT2D eigenvalue weighted by Gasteiger charge is 2.49. The normalized spacial score (nSPS) is 12.9. The van der Waals surface area contributed by atoms with Gasteiger partial charge in [0.15, 0.2) is 0 Å². The second kappa shape index (κ2) is 4.93. The Morgan fingerprint density at radius 1 is 1.26 bits per heavy atom. The van der Waals surface area contributed by atoms with Crippen molar-refractivity contribution in [2.45, 2.75) is 5.51 Å². The third-order valence-corrected chi connectivity index (χ3v) is 4.12. The maximum Gasteiger partial charge on any atom is 0.534 e. The van der Waals surface area contributed by atoms with E-state index >= 15 is 0 Å². The third-order valence-electron chi connectivity index (χ3n) is 2.81. The summed E-state index contributed by atoms with van der Waals surface area (Å²) < 4.78 is 78.2. The van der Waals surface area contributed by atoms with Gasteiger partial charge in [0, 0.05) is 12.4 Å². The summed E-state index contributed by atoms with van der Waals surface area (Å²) in [6.45, 7) is 0. The Bertz CT molecular complexity index is 1030. The number of halogens is 5. The summed E-state index contributed by atoms with van der Waals surface area (Å²) in [5, 5.41) is -0.344. The van der Waals surface area contributed by atoms with Crippen LogP contribution in [-0.4, -0.2) is 28.3 Å². The molecule has 0 fully saturated rings. The highest BCUT2D eigenvalue weighted by Crippen LogP contribution is 2.32. The van der Waals surface area contributed by atoms with Gasteiger partial charge in [-0.05, 0) is 12.1 Å². The van der Waals surface area contributed by atoms with Gasteiger partial charge < -0.3 is 4.18 Å². The Kier molecular flexibility index (Phi) is 3.37. The summed E-state index contributed by atoms with van der Waals surface area (Å²) in [6.07, 6.45) is 2.39. The zero-order valence-corrected chi connectivity index (χ0v) is 12.2. The summed E-state index contributed by atoms with van der Waals surface area (Å²) in [4.78, 5) is 7.31. The standard InChI is InChI=1S/C11H4ClF4N3O3S/c12-7-5(13)1-2-6-8(7)19-4-3-17-9(19)10(18-6)22-23(20,21)11(14,15)16/h1-4H. The molecule has 0 unspecified atom stereocenters. The molecular weight excluding hydrogens is 366 g/mol. The summed E-state index contributed by atoms with van der Waals surface area (Å²) in [5.41, 5.74) is -6.06. The molecule has 1 aromatic carbocycles. The molecule has 3 aromatic rings. The van der Waals surface area contributed by atoms with Gasteiger partial charge in [-0.15, -0.1) is 0 Å². The van der Waals surface area contributed by atoms with E-state index in [1.54, 1.807) is 0 Å². The van der Waals surface area contributed by atoms with Crippen LogP contribution in [0.25, 0.3) is 16.7 Å². The van der Waals surface area contributed by atoms with Crippen molar-refractivity contribution in [2.75, 3.05) is 0 Å². The molecule has 0 spiro atoms. The van der Waals surface area contributed by atoms with Crippen molar-refractivity contribution in [1.82, 2.24) is 14.4 Å². The largest absolute Gasteiger partial charge is 0.534 e. The first kappa shape index (κ1) is 15.7. The van der Waals surface area contributed by atoms with Gasteiger partial charge >= 0.3 is 15.6 Å². The molecule has 0 saturated carbocycles. The minimum Gasteiger partial charge on any atom is -0.351 e. The van der Waals surface area contributed by atoms with Crippen molar-refractivity contribution in [1.29, 1.82) is 0 Å². The first-order valence-electron chi connectivity index (χ1n) is 5.73. The van der Waals surface area contributed by atoms with Gasteiger partial charge in [-0.1, -0.05) is 11.6 Å². The van der Waals surface area contributed by atoms with Crippen LogP contribution in [0.4, 0.5) is 17.6 Å². The minimum absolute atomic E-state index is 0.0101. The molecular formula is C11H4ClF4N3O3S. The predicted octanol–water partition coefficient (Wildman–Crippen LogP) is 2.90. The summed E-state index contributed by atoms with van der Waals surface area (Å²) in [5.74, 6) is -1.69. The molecule has 0 bridgehead atoms. The lowest BCUT2D eigenvalue weighted by molar-refractivity contribution is -0.0500. The van der Waals surface area contributed by atoms with Gasteiger partial charge in [0.1, 0.15) is 10.8 Å². The van der Waals surface area contributed by atoms with Crippen LogP contribution in [0.3, 0.4) is 0 Å². The van der Waals surface area contributed by atoms with Crippen molar-refractivity contribution in [3.63, 3.8) is 0 Å². The van der Waals surface area contributed by atoms with Crippen LogP contribution in [0.15, 0.2) is 24.5 Å². The predicted molar refractivity (Wildman–Crippen MR) is 71.1 cm³/mol. The van der Waals surface area contributed by atoms with Crippen molar-refractivity contribution in [3.05, 3.63) is 35.4 Å². The van der Waals surface area contributed by atoms with E-state index < -0.39 is 27.3 Å². The molecule has 23 heavy (non-hydrogen) atoms. The number of hydrogen-bond acceptors (Lipinski definition) is 5. The Hall–Kier alpha value is -2.14. The first-order valence-corrected chi connectivity index (χ1v) is 7.52. The molecule has 0 N–H and O–H groups in total. The quantitative estimate of drug-likeness (QED) is 0.394. The number of imidazole rings is 1. The molecule has 0 aliphatic rings. The topological polar surface area (TPSA) is 73.6 Å². The van der Waals surface area contributed by atoms with Crippen molar-refractivity contribution in [2.24, 2.45) is 0 Å². The van der Waals surface area contributed by atoms with Gasteiger partial charge in [-0.3, -0.25) is 4.40 Å². The molecule has 12 heteroatoms. The Morgan fingerprint density at radius 2 is 1.96 bits per heavy atom. The third kappa shape index (κ3) is 2.45. The van der Waals surface area contributed by atoms with Crippen LogP contribution in [0.5, 0.6) is 5.88 Å². The van der Waals surface area contributed by atoms with E-state index in [4.69, 9.17) is 11.6 Å². The number of alkyl halides is 3. The van der Waals surface area contributed by atoms with Crippen LogP contribution >= 0.6 is 11.6 Å². The molecule has 6 nitrogen and oxygen atoms in total. The van der Waals surface area contributed by atoms with E-state index in [2.05, 4.69) is 14.2 Å². The number of benzene rings is 1. The summed E-state index contributed by atoms with van der Waals surface area (Å²) >= 11 is 5.82. The Morgan fingerprint density at radius 3 is 2.61 bits per heavy atom. The maximum absolute atomic E-state index is 13.5. The lowest BCUT2D eigenvalue weighted by atomic mass is 10.3. The smallest absolute Gasteiger partial charge is 0.351 e. The van der Waals surface area contributed by atoms with Gasteiger partial charge in [0.2, 0.25) is 5.65 Å². The number of fused-ring (bicyclic) bond motifs is 3. The Balaban J connectivity index is 2.31. The van der Waals surface area contributed by atoms with Crippen molar-refractivity contribution < 1.29 is 30.2 Å². The van der Waals surface area contributed by atoms with Crippen molar-refractivity contribution in [3.8, 4) is 5.88 Å². The van der Waals surface area contributed by atoms with E-state index in [9.17, 15) is 26.0 Å². The van der Waals surface area contributed by atoms with Crippen LogP contribution in [0, 0.1) is 5.82 Å². The van der Waals surface area contributed by atoms with Gasteiger partial charge in [0.25, 0.3) is 5.88 Å². The van der Waals surface area contributed by atoms with E-state index in [1.807, 2.05) is 0 Å². The molecule has 3 rings (SSSR count). The lowest BCUT2D eigenvalue weighted by Gasteiger charge is -2.11. The van der Waals surface area contributed by atoms with Gasteiger partial charge in [0.05, 0.1) is 11.0 Å². The molecule has 0 aliphatic heterocycles. The SMILES string of the molecule is O=S(=O)(Oc1nc2ccc(F)c(Cl)c2n2ccnc12)C(F)(F)F. The molecule has 0 aliphatic carbocycles. The fourth-order valence-electron chi connectivity index (χ4n) is 1.86. The van der Waals surface area contributed by atoms with Crippen LogP contribution in [0.2, 0.25) is 5.02 Å². The number of aromatic nitrogens is 3. The second-order valence-electron chi connectivity index (χ2n) is 4.25. The summed E-state index contributed by atoms with van der Waals surface area (Å²) in [7, 11) is -5.93. The van der Waals surface area contributed by atoms with E-state index in [0.29, 0.717) is 0 Å². The number of hydrogen-bond donors (Lipinski definition) is 0. The van der Waals surface area contributed by atoms with E-state index in [-0.39, 0.29) is 21.7 Å². The maximum atomic E-state index is 13.5. The zero-order chi connectivity index (χ0) is 17.0. The highest BCUT2D eigenvalue weighted by molar-refractivity contribution is 7.88. The first-order chi connectivity index (χ1) is 10.6. The van der Waals surface area contributed by atoms with Crippen molar-refractivity contribution >= 4 is 38.4 Å². The molecule has 0 atom stereocenters. The average molecular weight is 370 g/mol. The van der Waals surface area contributed by atoms with Crippen LogP contribution in [-0.2, 0) is 10.1 Å². The van der Waals surface area contributed by atoms with Gasteiger partial charge in [-0.25, -0.2) is 14.4 Å². The molecule has 0 amide bonds. The summed E-state index contributed by atoms with van der Waals surface area (Å²) in [6, 6.07) is 2.05. The Labute approximate surface area is 130 Å². The zero-order valence-electron chi connectivity index (χ0n) is 10.7. The lowest BCUT2D eigenvalue weighted by Crippen LogP contribution is -2.28. The van der Waals surface area contributed by atoms with Crippen LogP contribution < -0.4 is 4.18 Å². The average Bonchev–Trinajstić information content (AvgIpc) is 2.91. The number of rotatable bonds is 2. The van der Waals surface area contributed by atoms with E-state index in [0.717, 1.165) is 22.7 Å². The molecule has 122 valence electrons. The monoisotopic (exact) mass is 369 g/mol. The van der Waals surface area contributed by atoms with Gasteiger partial charge in [-0.2, -0.15) is 21.6 Å². The molecule has 2 heterocycles. The molecule has 0 radical (unpaired) electrons. The molecule has 2 aromatic heterocycles. The number of nitrogens with zero attached hydrogens (tertiary/aromatic N) is 3.